The highest BCUT2D eigenvalue weighted by Crippen LogP contribution is 2.32. The van der Waals surface area contributed by atoms with Crippen molar-refractivity contribution in [2.75, 3.05) is 0 Å². The second kappa shape index (κ2) is 3.75. The molecule has 16 heavy (non-hydrogen) atoms. The van der Waals surface area contributed by atoms with Crippen LogP contribution >= 0.6 is 23.2 Å². The summed E-state index contributed by atoms with van der Waals surface area (Å²) in [6.45, 7) is 0. The van der Waals surface area contributed by atoms with Crippen molar-refractivity contribution in [2.24, 2.45) is 0 Å². The van der Waals surface area contributed by atoms with Gasteiger partial charge in [-0.05, 0) is 18.2 Å². The normalized spacial score (nSPS) is 12.1. The highest BCUT2D eigenvalue weighted by atomic mass is 35.5. The molecular weight excluding hydrogens is 264 g/mol. The summed E-state index contributed by atoms with van der Waals surface area (Å²) in [4.78, 5) is 7.22. The zero-order valence-electron chi connectivity index (χ0n) is 7.52. The zero-order chi connectivity index (χ0) is 11.9. The summed E-state index contributed by atoms with van der Waals surface area (Å²) < 4.78 is 37.2. The molecule has 0 atom stereocenters. The molecule has 2 nitrogen and oxygen atoms in total. The van der Waals surface area contributed by atoms with Gasteiger partial charge in [0.1, 0.15) is 16.4 Å². The third-order valence-corrected chi connectivity index (χ3v) is 2.36. The van der Waals surface area contributed by atoms with Gasteiger partial charge >= 0.3 is 6.18 Å². The molecule has 7 heteroatoms. The number of fused-ring (bicyclic) bond motifs is 1. The van der Waals surface area contributed by atoms with Crippen molar-refractivity contribution < 1.29 is 13.2 Å². The number of nitrogens with zero attached hydrogens (tertiary/aromatic N) is 2. The van der Waals surface area contributed by atoms with E-state index in [1.807, 2.05) is 0 Å². The molecular formula is C9H3Cl2F3N2. The number of pyridine rings is 2. The Morgan fingerprint density at radius 2 is 1.75 bits per heavy atom. The van der Waals surface area contributed by atoms with Crippen LogP contribution in [0.15, 0.2) is 18.2 Å². The fourth-order valence-corrected chi connectivity index (χ4v) is 1.58. The van der Waals surface area contributed by atoms with Crippen molar-refractivity contribution in [3.05, 3.63) is 34.1 Å². The highest BCUT2D eigenvalue weighted by Gasteiger charge is 2.33. The monoisotopic (exact) mass is 266 g/mol. The van der Waals surface area contributed by atoms with Crippen LogP contribution in [0.2, 0.25) is 10.2 Å². The lowest BCUT2D eigenvalue weighted by Gasteiger charge is -2.07. The number of rotatable bonds is 0. The number of halogens is 5. The molecule has 2 aromatic rings. The minimum Gasteiger partial charge on any atom is -0.242 e. The molecule has 0 N–H and O–H groups in total. The van der Waals surface area contributed by atoms with E-state index in [0.29, 0.717) is 0 Å². The molecule has 0 saturated carbocycles. The lowest BCUT2D eigenvalue weighted by molar-refractivity contribution is -0.140. The van der Waals surface area contributed by atoms with Gasteiger partial charge in [-0.2, -0.15) is 13.2 Å². The lowest BCUT2D eigenvalue weighted by atomic mass is 10.2. The van der Waals surface area contributed by atoms with E-state index in [1.165, 1.54) is 12.1 Å². The first-order valence-corrected chi connectivity index (χ1v) is 4.83. The molecule has 0 radical (unpaired) electrons. The quantitative estimate of drug-likeness (QED) is 0.675. The summed E-state index contributed by atoms with van der Waals surface area (Å²) in [6, 6.07) is 3.42. The van der Waals surface area contributed by atoms with Crippen molar-refractivity contribution in [1.82, 2.24) is 9.97 Å². The van der Waals surface area contributed by atoms with Gasteiger partial charge in [-0.3, -0.25) is 0 Å². The summed E-state index contributed by atoms with van der Waals surface area (Å²) >= 11 is 11.3. The van der Waals surface area contributed by atoms with Crippen LogP contribution in [0.1, 0.15) is 5.69 Å². The molecule has 0 aliphatic heterocycles. The number of hydrogen-bond donors (Lipinski definition) is 0. The van der Waals surface area contributed by atoms with E-state index in [1.54, 1.807) is 0 Å². The molecule has 2 rings (SSSR count). The van der Waals surface area contributed by atoms with Gasteiger partial charge in [0, 0.05) is 0 Å². The summed E-state index contributed by atoms with van der Waals surface area (Å²) in [5.41, 5.74) is -0.833. The molecule has 0 aliphatic rings. The Kier molecular flexibility index (Phi) is 2.67. The van der Waals surface area contributed by atoms with Crippen LogP contribution in [0.3, 0.4) is 0 Å². The minimum atomic E-state index is -4.53. The van der Waals surface area contributed by atoms with Gasteiger partial charge in [-0.25, -0.2) is 9.97 Å². The van der Waals surface area contributed by atoms with Gasteiger partial charge in [0.25, 0.3) is 0 Å². The molecule has 0 unspecified atom stereocenters. The first-order valence-electron chi connectivity index (χ1n) is 4.08. The predicted molar refractivity (Wildman–Crippen MR) is 54.6 cm³/mol. The van der Waals surface area contributed by atoms with Crippen molar-refractivity contribution in [3.8, 4) is 0 Å². The minimum absolute atomic E-state index is 0.0595. The van der Waals surface area contributed by atoms with E-state index in [4.69, 9.17) is 23.2 Å². The van der Waals surface area contributed by atoms with E-state index in [0.717, 1.165) is 6.07 Å². The summed E-state index contributed by atoms with van der Waals surface area (Å²) in [5.74, 6) is 0. The molecule has 0 aliphatic carbocycles. The van der Waals surface area contributed by atoms with Crippen LogP contribution in [-0.2, 0) is 6.18 Å². The lowest BCUT2D eigenvalue weighted by Crippen LogP contribution is -2.08. The fourth-order valence-electron chi connectivity index (χ4n) is 1.19. The maximum Gasteiger partial charge on any atom is 0.433 e. The summed E-state index contributed by atoms with van der Waals surface area (Å²) in [7, 11) is 0. The van der Waals surface area contributed by atoms with Crippen LogP contribution in [0.25, 0.3) is 11.0 Å². The van der Waals surface area contributed by atoms with E-state index >= 15 is 0 Å². The van der Waals surface area contributed by atoms with Crippen LogP contribution in [0.5, 0.6) is 0 Å². The highest BCUT2D eigenvalue weighted by molar-refractivity contribution is 6.35. The molecule has 0 bridgehead atoms. The number of aromatic nitrogens is 2. The Bertz CT molecular complexity index is 554. The van der Waals surface area contributed by atoms with Gasteiger partial charge in [0.15, 0.2) is 0 Å². The third-order valence-electron chi connectivity index (χ3n) is 1.86. The van der Waals surface area contributed by atoms with Gasteiger partial charge in [-0.15, -0.1) is 0 Å². The van der Waals surface area contributed by atoms with Crippen LogP contribution in [-0.4, -0.2) is 9.97 Å². The van der Waals surface area contributed by atoms with E-state index in [2.05, 4.69) is 9.97 Å². The van der Waals surface area contributed by atoms with Gasteiger partial charge in [-0.1, -0.05) is 23.2 Å². The van der Waals surface area contributed by atoms with E-state index in [-0.39, 0.29) is 21.2 Å². The van der Waals surface area contributed by atoms with Crippen LogP contribution < -0.4 is 0 Å². The first-order chi connectivity index (χ1) is 7.38. The second-order valence-corrected chi connectivity index (χ2v) is 3.78. The molecule has 0 aromatic carbocycles. The van der Waals surface area contributed by atoms with E-state index in [9.17, 15) is 13.2 Å². The molecule has 2 heterocycles. The van der Waals surface area contributed by atoms with Crippen molar-refractivity contribution >= 4 is 34.2 Å². The molecule has 0 fully saturated rings. The second-order valence-electron chi connectivity index (χ2n) is 2.99. The molecule has 2 aromatic heterocycles. The van der Waals surface area contributed by atoms with Crippen molar-refractivity contribution in [1.29, 1.82) is 0 Å². The smallest absolute Gasteiger partial charge is 0.242 e. The Labute approximate surface area is 98.0 Å². The summed E-state index contributed by atoms with van der Waals surface area (Å²) in [6.07, 6.45) is -4.53. The SMILES string of the molecule is FC(F)(F)c1cc(Cl)c2nc(Cl)ccc2n1. The maximum absolute atomic E-state index is 12.4. The molecule has 0 saturated heterocycles. The average Bonchev–Trinajstić information content (AvgIpc) is 2.17. The number of alkyl halides is 3. The number of hydrogen-bond acceptors (Lipinski definition) is 2. The zero-order valence-corrected chi connectivity index (χ0v) is 9.03. The largest absolute Gasteiger partial charge is 0.433 e. The Balaban J connectivity index is 2.74. The van der Waals surface area contributed by atoms with Crippen LogP contribution in [0.4, 0.5) is 13.2 Å². The van der Waals surface area contributed by atoms with E-state index < -0.39 is 11.9 Å². The topological polar surface area (TPSA) is 25.8 Å². The van der Waals surface area contributed by atoms with Crippen molar-refractivity contribution in [3.63, 3.8) is 0 Å². The van der Waals surface area contributed by atoms with Gasteiger partial charge in [0.05, 0.1) is 10.5 Å². The standard InChI is InChI=1S/C9H3Cl2F3N2/c10-4-3-6(9(12,13)14)15-5-1-2-7(11)16-8(4)5/h1-3H. The Morgan fingerprint density at radius 3 is 2.38 bits per heavy atom. The van der Waals surface area contributed by atoms with Crippen LogP contribution in [0, 0.1) is 0 Å². The molecule has 0 amide bonds. The maximum atomic E-state index is 12.4. The molecule has 84 valence electrons. The Morgan fingerprint density at radius 1 is 1.06 bits per heavy atom. The fraction of sp³-hybridized carbons (Fsp3) is 0.111. The third kappa shape index (κ3) is 2.05. The Hall–Kier alpha value is -1.07. The average molecular weight is 267 g/mol. The first kappa shape index (κ1) is 11.4. The van der Waals surface area contributed by atoms with Crippen molar-refractivity contribution in [2.45, 2.75) is 6.18 Å². The van der Waals surface area contributed by atoms with Gasteiger partial charge in [0.2, 0.25) is 0 Å². The predicted octanol–water partition coefficient (Wildman–Crippen LogP) is 3.96. The van der Waals surface area contributed by atoms with Gasteiger partial charge < -0.3 is 0 Å². The molecule has 0 spiro atoms. The summed E-state index contributed by atoms with van der Waals surface area (Å²) in [5, 5.41) is 0.0239.